The van der Waals surface area contributed by atoms with Gasteiger partial charge >= 0.3 is 0 Å². The minimum absolute atomic E-state index is 0.0156. The fraction of sp³-hybridized carbons (Fsp3) is 0.333. The van der Waals surface area contributed by atoms with Crippen LogP contribution in [0.5, 0.6) is 0 Å². The maximum Gasteiger partial charge on any atom is 0.246 e. The lowest BCUT2D eigenvalue weighted by Gasteiger charge is -2.36. The summed E-state index contributed by atoms with van der Waals surface area (Å²) in [6.07, 6.45) is 1.30. The van der Waals surface area contributed by atoms with E-state index in [1.807, 2.05) is 60.7 Å². The van der Waals surface area contributed by atoms with Crippen LogP contribution in [0.4, 0.5) is 5.69 Å². The van der Waals surface area contributed by atoms with Crippen molar-refractivity contribution in [1.82, 2.24) is 4.90 Å². The van der Waals surface area contributed by atoms with Gasteiger partial charge in [0.15, 0.2) is 0 Å². The van der Waals surface area contributed by atoms with Crippen molar-refractivity contribution in [3.63, 3.8) is 0 Å². The predicted molar refractivity (Wildman–Crippen MR) is 102 cm³/mol. The molecule has 136 valence electrons. The van der Waals surface area contributed by atoms with Crippen LogP contribution in [0.25, 0.3) is 0 Å². The minimum atomic E-state index is -1.06. The Hall–Kier alpha value is -2.66. The van der Waals surface area contributed by atoms with Crippen molar-refractivity contribution in [2.24, 2.45) is 11.7 Å². The number of likely N-dealkylation sites (tertiary alicyclic amines) is 1. The van der Waals surface area contributed by atoms with Crippen LogP contribution in [-0.4, -0.2) is 29.8 Å². The topological polar surface area (TPSA) is 75.4 Å². The van der Waals surface area contributed by atoms with Crippen molar-refractivity contribution >= 4 is 17.5 Å². The Kier molecular flexibility index (Phi) is 5.38. The van der Waals surface area contributed by atoms with E-state index in [-0.39, 0.29) is 17.7 Å². The zero-order valence-corrected chi connectivity index (χ0v) is 15.0. The zero-order chi connectivity index (χ0) is 18.6. The first-order valence-corrected chi connectivity index (χ1v) is 8.98. The average molecular weight is 351 g/mol. The number of nitrogens with one attached hydrogen (secondary N) is 1. The van der Waals surface area contributed by atoms with Crippen LogP contribution in [0.3, 0.4) is 0 Å². The Balaban J connectivity index is 1.58. The van der Waals surface area contributed by atoms with E-state index in [9.17, 15) is 9.59 Å². The second kappa shape index (κ2) is 7.70. The lowest BCUT2D eigenvalue weighted by Crippen LogP contribution is -2.53. The number of carbonyl (C=O) groups is 2. The molecule has 1 unspecified atom stereocenters. The molecular formula is C21H25N3O2. The second-order valence-electron chi connectivity index (χ2n) is 6.99. The Morgan fingerprint density at radius 1 is 1.00 bits per heavy atom. The summed E-state index contributed by atoms with van der Waals surface area (Å²) < 4.78 is 0. The fourth-order valence-corrected chi connectivity index (χ4v) is 3.35. The highest BCUT2D eigenvalue weighted by molar-refractivity contribution is 5.93. The van der Waals surface area contributed by atoms with Crippen molar-refractivity contribution in [3.8, 4) is 0 Å². The summed E-state index contributed by atoms with van der Waals surface area (Å²) in [6, 6.07) is 18.9. The van der Waals surface area contributed by atoms with E-state index in [1.54, 1.807) is 11.8 Å². The highest BCUT2D eigenvalue weighted by Crippen LogP contribution is 2.25. The molecule has 0 saturated carbocycles. The SMILES string of the molecule is CC(N)(C(=O)N1CCC(C(=O)Nc2ccccc2)CC1)c1ccccc1. The molecule has 0 aliphatic carbocycles. The van der Waals surface area contributed by atoms with Crippen LogP contribution in [0.15, 0.2) is 60.7 Å². The van der Waals surface area contributed by atoms with Crippen LogP contribution in [0.1, 0.15) is 25.3 Å². The summed E-state index contributed by atoms with van der Waals surface area (Å²) in [6.45, 7) is 2.84. The van der Waals surface area contributed by atoms with E-state index < -0.39 is 5.54 Å². The monoisotopic (exact) mass is 351 g/mol. The molecule has 3 rings (SSSR count). The third-order valence-corrected chi connectivity index (χ3v) is 5.01. The fourth-order valence-electron chi connectivity index (χ4n) is 3.35. The molecule has 2 amide bonds. The van der Waals surface area contributed by atoms with Crippen molar-refractivity contribution in [1.29, 1.82) is 0 Å². The molecule has 3 N–H and O–H groups in total. The van der Waals surface area contributed by atoms with E-state index >= 15 is 0 Å². The van der Waals surface area contributed by atoms with Crippen molar-refractivity contribution < 1.29 is 9.59 Å². The number of benzene rings is 2. The molecule has 1 atom stereocenters. The molecule has 0 radical (unpaired) electrons. The summed E-state index contributed by atoms with van der Waals surface area (Å²) in [5.41, 5.74) is 6.88. The molecule has 1 saturated heterocycles. The van der Waals surface area contributed by atoms with Crippen LogP contribution in [-0.2, 0) is 15.1 Å². The lowest BCUT2D eigenvalue weighted by atomic mass is 9.89. The van der Waals surface area contributed by atoms with Gasteiger partial charge in [0.25, 0.3) is 0 Å². The maximum absolute atomic E-state index is 12.9. The highest BCUT2D eigenvalue weighted by Gasteiger charge is 2.37. The first-order valence-electron chi connectivity index (χ1n) is 8.98. The van der Waals surface area contributed by atoms with Gasteiger partial charge in [-0.25, -0.2) is 0 Å². The number of amides is 2. The second-order valence-corrected chi connectivity index (χ2v) is 6.99. The quantitative estimate of drug-likeness (QED) is 0.889. The molecule has 1 aliphatic rings. The zero-order valence-electron chi connectivity index (χ0n) is 15.0. The van der Waals surface area contributed by atoms with E-state index in [0.29, 0.717) is 25.9 Å². The maximum atomic E-state index is 12.9. The summed E-state index contributed by atoms with van der Waals surface area (Å²) in [7, 11) is 0. The number of piperidine rings is 1. The number of nitrogens with two attached hydrogens (primary N) is 1. The molecule has 5 heteroatoms. The number of hydrogen-bond donors (Lipinski definition) is 2. The number of anilines is 1. The third kappa shape index (κ3) is 3.94. The third-order valence-electron chi connectivity index (χ3n) is 5.01. The molecule has 2 aromatic rings. The standard InChI is InChI=1S/C21H25N3O2/c1-21(22,17-8-4-2-5-9-17)20(26)24-14-12-16(13-15-24)19(25)23-18-10-6-3-7-11-18/h2-11,16H,12-15,22H2,1H3,(H,23,25). The van der Waals surface area contributed by atoms with Gasteiger partial charge < -0.3 is 16.0 Å². The summed E-state index contributed by atoms with van der Waals surface area (Å²) in [5.74, 6) is -0.160. The number of rotatable bonds is 4. The Bertz CT molecular complexity index is 751. The first-order chi connectivity index (χ1) is 12.5. The molecule has 0 bridgehead atoms. The lowest BCUT2D eigenvalue weighted by molar-refractivity contribution is -0.139. The molecule has 5 nitrogen and oxygen atoms in total. The summed E-state index contributed by atoms with van der Waals surface area (Å²) in [4.78, 5) is 27.1. The van der Waals surface area contributed by atoms with Gasteiger partial charge in [0.1, 0.15) is 5.54 Å². The molecule has 1 fully saturated rings. The number of para-hydroxylation sites is 1. The van der Waals surface area contributed by atoms with Gasteiger partial charge in [-0.15, -0.1) is 0 Å². The van der Waals surface area contributed by atoms with E-state index in [2.05, 4.69) is 5.32 Å². The van der Waals surface area contributed by atoms with E-state index in [4.69, 9.17) is 5.73 Å². The highest BCUT2D eigenvalue weighted by atomic mass is 16.2. The van der Waals surface area contributed by atoms with Crippen molar-refractivity contribution in [2.75, 3.05) is 18.4 Å². The summed E-state index contributed by atoms with van der Waals surface area (Å²) >= 11 is 0. The van der Waals surface area contributed by atoms with Gasteiger partial charge in [0, 0.05) is 24.7 Å². The van der Waals surface area contributed by atoms with Crippen molar-refractivity contribution in [2.45, 2.75) is 25.3 Å². The van der Waals surface area contributed by atoms with Crippen LogP contribution >= 0.6 is 0 Å². The van der Waals surface area contributed by atoms with Gasteiger partial charge in [-0.1, -0.05) is 48.5 Å². The van der Waals surface area contributed by atoms with Crippen LogP contribution in [0.2, 0.25) is 0 Å². The minimum Gasteiger partial charge on any atom is -0.341 e. The summed E-state index contributed by atoms with van der Waals surface area (Å²) in [5, 5.41) is 2.94. The largest absolute Gasteiger partial charge is 0.341 e. The first kappa shape index (κ1) is 18.1. The molecule has 26 heavy (non-hydrogen) atoms. The number of hydrogen-bond acceptors (Lipinski definition) is 3. The van der Waals surface area contributed by atoms with Gasteiger partial charge in [-0.2, -0.15) is 0 Å². The van der Waals surface area contributed by atoms with Crippen LogP contribution in [0, 0.1) is 5.92 Å². The van der Waals surface area contributed by atoms with E-state index in [0.717, 1.165) is 11.3 Å². The Morgan fingerprint density at radius 2 is 1.54 bits per heavy atom. The normalized spacial score (nSPS) is 17.4. The number of nitrogens with zero attached hydrogens (tertiary/aromatic N) is 1. The van der Waals surface area contributed by atoms with Crippen LogP contribution < -0.4 is 11.1 Å². The Labute approximate surface area is 154 Å². The number of carbonyl (C=O) groups excluding carboxylic acids is 2. The average Bonchev–Trinajstić information content (AvgIpc) is 2.69. The molecule has 1 aliphatic heterocycles. The van der Waals surface area contributed by atoms with E-state index in [1.165, 1.54) is 0 Å². The van der Waals surface area contributed by atoms with Gasteiger partial charge in [0.05, 0.1) is 0 Å². The molecular weight excluding hydrogens is 326 g/mol. The molecule has 0 spiro atoms. The predicted octanol–water partition coefficient (Wildman–Crippen LogP) is 2.74. The molecule has 0 aromatic heterocycles. The molecule has 1 heterocycles. The Morgan fingerprint density at radius 3 is 2.12 bits per heavy atom. The smallest absolute Gasteiger partial charge is 0.246 e. The van der Waals surface area contributed by atoms with Gasteiger partial charge in [-0.05, 0) is 37.5 Å². The van der Waals surface area contributed by atoms with Gasteiger partial charge in [-0.3, -0.25) is 9.59 Å². The molecule has 2 aromatic carbocycles. The van der Waals surface area contributed by atoms with Crippen molar-refractivity contribution in [3.05, 3.63) is 66.2 Å². The van der Waals surface area contributed by atoms with Gasteiger partial charge in [0.2, 0.25) is 11.8 Å².